The number of hydrogen-bond acceptors (Lipinski definition) is 18. The number of aromatic hydroxyl groups is 1. The average molecular weight is 1320 g/mol. The van der Waals surface area contributed by atoms with E-state index in [-0.39, 0.29) is 180 Å². The van der Waals surface area contributed by atoms with Crippen LogP contribution in [-0.2, 0) is 49.7 Å². The number of aliphatic imine (C=N–C) groups is 2. The summed E-state index contributed by atoms with van der Waals surface area (Å²) in [4.78, 5) is 142. The number of phenolic OH excluding ortho intramolecular Hbond substituents is 1. The summed E-state index contributed by atoms with van der Waals surface area (Å²) in [5.41, 5.74) is 18.9. The number of rotatable bonds is 38. The SMILES string of the molecule is CCC(=O)NCCNC(=O)NC(N)=NCCC[C@@H](NC(=O)C(c1ccccc1)c1cccc(OCCCCNC(=O)[C@@H](CCCN=C(N)N)NC(=O)CCNC(=O)CN2CCN(CC(=O)O)CCN(CC(=O)O)CCN(CC(=O)O)CC2)c1)C(=O)NCc1ccc(O)cc1. The number of nitrogens with zero attached hydrogens (tertiary/aromatic N) is 6. The van der Waals surface area contributed by atoms with E-state index in [9.17, 15) is 68.4 Å². The van der Waals surface area contributed by atoms with Crippen molar-refractivity contribution in [1.82, 2.24) is 62.1 Å². The molecule has 18 N–H and O–H groups in total. The van der Waals surface area contributed by atoms with Gasteiger partial charge in [0.05, 0.1) is 38.7 Å². The van der Waals surface area contributed by atoms with Crippen LogP contribution in [0.1, 0.15) is 80.9 Å². The number of ether oxygens (including phenoxy) is 1. The number of aliphatic carboxylic acids is 3. The molecule has 1 fully saturated rings. The zero-order valence-corrected chi connectivity index (χ0v) is 53.2. The van der Waals surface area contributed by atoms with Crippen LogP contribution in [0, 0.1) is 0 Å². The highest BCUT2D eigenvalue weighted by Crippen LogP contribution is 2.28. The molecule has 94 heavy (non-hydrogen) atoms. The number of carboxylic acid groups (broad SMARTS) is 3. The predicted octanol–water partition coefficient (Wildman–Crippen LogP) is -1.96. The fourth-order valence-electron chi connectivity index (χ4n) is 9.72. The van der Waals surface area contributed by atoms with Crippen LogP contribution >= 0.6 is 0 Å². The molecule has 1 heterocycles. The van der Waals surface area contributed by atoms with Gasteiger partial charge in [0.25, 0.3) is 0 Å². The topological polar surface area (TPSA) is 473 Å². The lowest BCUT2D eigenvalue weighted by Crippen LogP contribution is -2.50. The van der Waals surface area contributed by atoms with Crippen LogP contribution in [0.2, 0.25) is 0 Å². The van der Waals surface area contributed by atoms with E-state index in [0.717, 1.165) is 0 Å². The van der Waals surface area contributed by atoms with Crippen LogP contribution in [0.4, 0.5) is 4.79 Å². The Morgan fingerprint density at radius 2 is 1.06 bits per heavy atom. The van der Waals surface area contributed by atoms with Crippen molar-refractivity contribution >= 4 is 71.3 Å². The minimum atomic E-state index is -1.08. The maximum Gasteiger partial charge on any atom is 0.321 e. The number of carboxylic acids is 3. The van der Waals surface area contributed by atoms with Crippen molar-refractivity contribution in [2.24, 2.45) is 27.2 Å². The van der Waals surface area contributed by atoms with Crippen molar-refractivity contribution in [2.75, 3.05) is 124 Å². The van der Waals surface area contributed by atoms with Crippen LogP contribution < -0.4 is 64.5 Å². The molecule has 1 saturated heterocycles. The molecule has 1 unspecified atom stereocenters. The molecule has 3 aromatic carbocycles. The Morgan fingerprint density at radius 3 is 1.64 bits per heavy atom. The Kier molecular flexibility index (Phi) is 35.3. The van der Waals surface area contributed by atoms with Gasteiger partial charge in [-0.3, -0.25) is 78.1 Å². The summed E-state index contributed by atoms with van der Waals surface area (Å²) in [6.45, 7) is 3.46. The van der Waals surface area contributed by atoms with Gasteiger partial charge < -0.3 is 79.6 Å². The Morgan fingerprint density at radius 1 is 0.532 bits per heavy atom. The number of urea groups is 1. The Bertz CT molecular complexity index is 2940. The molecule has 0 saturated carbocycles. The van der Waals surface area contributed by atoms with Gasteiger partial charge in [0.15, 0.2) is 11.9 Å². The molecule has 1 aliphatic heterocycles. The van der Waals surface area contributed by atoms with E-state index in [1.165, 1.54) is 12.1 Å². The van der Waals surface area contributed by atoms with Gasteiger partial charge >= 0.3 is 23.9 Å². The first kappa shape index (κ1) is 76.8. The molecular weight excluding hydrogens is 1220 g/mol. The van der Waals surface area contributed by atoms with Gasteiger partial charge in [0.2, 0.25) is 35.4 Å². The monoisotopic (exact) mass is 1320 g/mol. The van der Waals surface area contributed by atoms with E-state index < -0.39 is 71.5 Å². The lowest BCUT2D eigenvalue weighted by atomic mass is 9.90. The Balaban J connectivity index is 1.33. The number of benzene rings is 3. The summed E-state index contributed by atoms with van der Waals surface area (Å²) in [5, 5.41) is 60.1. The van der Waals surface area contributed by atoms with Crippen LogP contribution in [0.15, 0.2) is 88.8 Å². The maximum absolute atomic E-state index is 14.6. The van der Waals surface area contributed by atoms with Crippen molar-refractivity contribution in [3.8, 4) is 11.5 Å². The summed E-state index contributed by atoms with van der Waals surface area (Å²) in [5.74, 6) is -6.49. The predicted molar refractivity (Wildman–Crippen MR) is 348 cm³/mol. The van der Waals surface area contributed by atoms with Crippen LogP contribution in [0.5, 0.6) is 11.5 Å². The molecule has 0 spiro atoms. The first-order chi connectivity index (χ1) is 45.1. The van der Waals surface area contributed by atoms with Gasteiger partial charge in [-0.05, 0) is 79.5 Å². The fraction of sp³-hybridized carbons (Fsp3) is 0.516. The van der Waals surface area contributed by atoms with Crippen molar-refractivity contribution < 1.29 is 73.1 Å². The minimum Gasteiger partial charge on any atom is -0.508 e. The zero-order chi connectivity index (χ0) is 68.6. The molecule has 0 aliphatic carbocycles. The molecule has 32 nitrogen and oxygen atoms in total. The van der Waals surface area contributed by atoms with Gasteiger partial charge in [0, 0.05) is 111 Å². The van der Waals surface area contributed by atoms with Crippen molar-refractivity contribution in [3.05, 3.63) is 95.6 Å². The molecule has 32 heteroatoms. The van der Waals surface area contributed by atoms with Gasteiger partial charge in [-0.25, -0.2) is 4.79 Å². The summed E-state index contributed by atoms with van der Waals surface area (Å²) in [6, 6.07) is 19.6. The van der Waals surface area contributed by atoms with Crippen molar-refractivity contribution in [2.45, 2.75) is 82.8 Å². The minimum absolute atomic E-state index is 0.0592. The van der Waals surface area contributed by atoms with Gasteiger partial charge in [-0.2, -0.15) is 0 Å². The Hall–Kier alpha value is -9.66. The maximum atomic E-state index is 14.6. The number of unbranched alkanes of at least 4 members (excludes halogenated alkanes) is 1. The molecule has 1 aliphatic rings. The smallest absolute Gasteiger partial charge is 0.321 e. The highest BCUT2D eigenvalue weighted by molar-refractivity contribution is 5.95. The molecular formula is C62H93N17O15. The summed E-state index contributed by atoms with van der Waals surface area (Å²) < 4.78 is 6.15. The third-order valence-electron chi connectivity index (χ3n) is 14.6. The second-order valence-electron chi connectivity index (χ2n) is 22.2. The van der Waals surface area contributed by atoms with Crippen LogP contribution in [0.25, 0.3) is 0 Å². The summed E-state index contributed by atoms with van der Waals surface area (Å²) in [7, 11) is 0. The number of guanidine groups is 2. The summed E-state index contributed by atoms with van der Waals surface area (Å²) in [6.07, 6.45) is 1.99. The zero-order valence-electron chi connectivity index (χ0n) is 53.2. The molecule has 0 radical (unpaired) electrons. The Labute approximate surface area is 546 Å². The molecule has 0 aromatic heterocycles. The number of phenols is 1. The number of nitrogens with one attached hydrogen (secondary N) is 8. The van der Waals surface area contributed by atoms with Crippen molar-refractivity contribution in [3.63, 3.8) is 0 Å². The van der Waals surface area contributed by atoms with E-state index in [4.69, 9.17) is 21.9 Å². The fourth-order valence-corrected chi connectivity index (χ4v) is 9.72. The highest BCUT2D eigenvalue weighted by atomic mass is 16.5. The van der Waals surface area contributed by atoms with E-state index in [1.54, 1.807) is 87.2 Å². The number of hydrogen-bond donors (Lipinski definition) is 15. The van der Waals surface area contributed by atoms with Crippen LogP contribution in [-0.4, -0.2) is 248 Å². The molecule has 8 amide bonds. The molecule has 516 valence electrons. The van der Waals surface area contributed by atoms with E-state index in [2.05, 4.69) is 52.5 Å². The third kappa shape index (κ3) is 32.6. The first-order valence-corrected chi connectivity index (χ1v) is 31.3. The van der Waals surface area contributed by atoms with Gasteiger partial charge in [-0.15, -0.1) is 0 Å². The quantitative estimate of drug-likeness (QED) is 0.0168. The largest absolute Gasteiger partial charge is 0.508 e. The van der Waals surface area contributed by atoms with E-state index in [1.807, 2.05) is 6.07 Å². The lowest BCUT2D eigenvalue weighted by molar-refractivity contribution is -0.140. The highest BCUT2D eigenvalue weighted by Gasteiger charge is 2.29. The van der Waals surface area contributed by atoms with E-state index >= 15 is 0 Å². The number of nitrogens with two attached hydrogens (primary N) is 3. The first-order valence-electron chi connectivity index (χ1n) is 31.3. The number of amides is 8. The molecule has 0 bridgehead atoms. The molecule has 3 aromatic rings. The molecule has 3 atom stereocenters. The van der Waals surface area contributed by atoms with Crippen LogP contribution in [0.3, 0.4) is 0 Å². The summed E-state index contributed by atoms with van der Waals surface area (Å²) >= 11 is 0. The molecule has 4 rings (SSSR count). The lowest BCUT2D eigenvalue weighted by Gasteiger charge is -2.32. The number of carbonyl (C=O) groups excluding carboxylic acids is 7. The van der Waals surface area contributed by atoms with Gasteiger partial charge in [0.1, 0.15) is 23.6 Å². The standard InChI is InChI=1S/C62H93N17O15/c1-2-50(81)67-26-27-71-62(93)75-61(65)70-24-10-16-49(58(91)72-38-43-17-19-46(80)20-18-43)74-59(92)56(44-11-4-3-5-12-44)45-13-8-14-47(37-45)94-36-7-6-22-68-57(90)48(15-9-23-69-60(63)64)73-51(82)21-25-66-52(83)39-76-28-30-77(40-53(84)85)32-34-79(42-55(88)89)35-33-78(31-29-76)41-54(86)87/h3-5,8,11-14,17-20,37,48-49,56,80H,2,6-7,9-10,15-16,21-36,38-42H2,1H3,(H,66,83)(H,67,81)(H,68,90)(H,72,91)(H,73,82)(H,74,92)(H,84,85)(H,86,87)(H,88,89)(H4,63,64,69)(H4,65,70,71,75,93)/t48-,49-,56?/m1/s1. The average Bonchev–Trinajstić information content (AvgIpc) is 0.828. The van der Waals surface area contributed by atoms with Gasteiger partial charge in [-0.1, -0.05) is 61.5 Å². The second-order valence-corrected chi connectivity index (χ2v) is 22.2. The van der Waals surface area contributed by atoms with E-state index in [0.29, 0.717) is 48.1 Å². The number of carbonyl (C=O) groups is 10. The second kappa shape index (κ2) is 43.2. The normalized spacial score (nSPS) is 14.6. The van der Waals surface area contributed by atoms with Crippen molar-refractivity contribution in [1.29, 1.82) is 0 Å². The third-order valence-corrected chi connectivity index (χ3v) is 14.6.